The number of fused-ring (bicyclic) bond motifs is 7. The van der Waals surface area contributed by atoms with Crippen molar-refractivity contribution in [3.63, 3.8) is 0 Å². The Labute approximate surface area is 114 Å². The Morgan fingerprint density at radius 1 is 1.25 bits per heavy atom. The number of aromatic nitrogens is 5. The summed E-state index contributed by atoms with van der Waals surface area (Å²) in [5.74, 6) is 1.18. The van der Waals surface area contributed by atoms with Crippen LogP contribution in [0.15, 0.2) is 42.9 Å². The van der Waals surface area contributed by atoms with E-state index in [1.165, 1.54) is 17.0 Å². The van der Waals surface area contributed by atoms with Crippen LogP contribution in [0.1, 0.15) is 5.56 Å². The molecule has 5 heteroatoms. The van der Waals surface area contributed by atoms with Gasteiger partial charge in [0.25, 0.3) is 11.3 Å². The maximum absolute atomic E-state index is 4.74. The van der Waals surface area contributed by atoms with Crippen molar-refractivity contribution in [2.45, 2.75) is 6.54 Å². The summed E-state index contributed by atoms with van der Waals surface area (Å²) in [5, 5.41) is 0. The lowest BCUT2D eigenvalue weighted by Crippen LogP contribution is -2.32. The maximum atomic E-state index is 4.74. The summed E-state index contributed by atoms with van der Waals surface area (Å²) in [6, 6.07) is 8.19. The van der Waals surface area contributed by atoms with E-state index in [1.54, 1.807) is 0 Å². The second-order valence-corrected chi connectivity index (χ2v) is 5.19. The Morgan fingerprint density at radius 2 is 2.20 bits per heavy atom. The highest BCUT2D eigenvalue weighted by Crippen LogP contribution is 2.29. The van der Waals surface area contributed by atoms with E-state index in [1.807, 2.05) is 30.6 Å². The molecule has 5 rings (SSSR count). The fourth-order valence-electron chi connectivity index (χ4n) is 3.24. The average molecular weight is 262 g/mol. The molecule has 5 heterocycles. The quantitative estimate of drug-likeness (QED) is 0.397. The highest BCUT2D eigenvalue weighted by atomic mass is 15.3. The number of pyridine rings is 2. The van der Waals surface area contributed by atoms with Crippen molar-refractivity contribution in [1.29, 1.82) is 0 Å². The van der Waals surface area contributed by atoms with Crippen molar-refractivity contribution in [3.8, 4) is 11.4 Å². The van der Waals surface area contributed by atoms with Gasteiger partial charge in [0.05, 0.1) is 25.4 Å². The summed E-state index contributed by atoms with van der Waals surface area (Å²) in [7, 11) is 2.07. The molecule has 0 aromatic carbocycles. The molecule has 0 spiro atoms. The Hall–Kier alpha value is -2.69. The van der Waals surface area contributed by atoms with Gasteiger partial charge in [0.2, 0.25) is 5.82 Å². The Bertz CT molecular complexity index is 992. The zero-order valence-electron chi connectivity index (χ0n) is 11.0. The van der Waals surface area contributed by atoms with E-state index in [2.05, 4.69) is 37.8 Å². The topological polar surface area (TPSA) is 39.0 Å². The molecule has 0 amide bonds. The molecule has 0 aliphatic carbocycles. The van der Waals surface area contributed by atoms with E-state index in [9.17, 15) is 0 Å². The predicted octanol–water partition coefficient (Wildman–Crippen LogP) is 1.54. The molecule has 0 atom stereocenters. The van der Waals surface area contributed by atoms with Crippen LogP contribution in [0.3, 0.4) is 0 Å². The standard InChI is InChI=1S/C15H12N5/c1-18-13-15(19-7-3-2-4-12(19)17-13)20-9-10-5-6-16-8-11(10)14(18)20/h2-8H,9H2,1H3/q+1. The summed E-state index contributed by atoms with van der Waals surface area (Å²) < 4.78 is 6.63. The van der Waals surface area contributed by atoms with Crippen LogP contribution < -0.4 is 4.57 Å². The first-order valence-electron chi connectivity index (χ1n) is 6.63. The smallest absolute Gasteiger partial charge is 0.264 e. The van der Waals surface area contributed by atoms with Gasteiger partial charge < -0.3 is 0 Å². The molecule has 0 saturated heterocycles. The molecule has 1 aliphatic rings. The molecule has 0 saturated carbocycles. The van der Waals surface area contributed by atoms with Crippen molar-refractivity contribution < 1.29 is 4.57 Å². The van der Waals surface area contributed by atoms with Gasteiger partial charge in [0.1, 0.15) is 0 Å². The first-order chi connectivity index (χ1) is 9.84. The van der Waals surface area contributed by atoms with Crippen molar-refractivity contribution >= 4 is 16.9 Å². The Kier molecular flexibility index (Phi) is 1.65. The van der Waals surface area contributed by atoms with Crippen molar-refractivity contribution in [3.05, 3.63) is 48.4 Å². The monoisotopic (exact) mass is 262 g/mol. The third-order valence-electron chi connectivity index (χ3n) is 4.11. The lowest BCUT2D eigenvalue weighted by Gasteiger charge is -1.95. The zero-order chi connectivity index (χ0) is 13.3. The Morgan fingerprint density at radius 3 is 3.15 bits per heavy atom. The van der Waals surface area contributed by atoms with E-state index in [0.29, 0.717) is 0 Å². The van der Waals surface area contributed by atoms with Gasteiger partial charge in [-0.2, -0.15) is 4.98 Å². The van der Waals surface area contributed by atoms with Crippen LogP contribution >= 0.6 is 0 Å². The molecule has 0 N–H and O–H groups in total. The molecule has 4 aromatic rings. The van der Waals surface area contributed by atoms with Crippen molar-refractivity contribution in [2.75, 3.05) is 0 Å². The first kappa shape index (κ1) is 10.1. The molecule has 96 valence electrons. The van der Waals surface area contributed by atoms with Gasteiger partial charge >= 0.3 is 0 Å². The maximum Gasteiger partial charge on any atom is 0.295 e. The summed E-state index contributed by atoms with van der Waals surface area (Å²) in [6.07, 6.45) is 5.87. The van der Waals surface area contributed by atoms with E-state index in [0.717, 1.165) is 23.5 Å². The van der Waals surface area contributed by atoms with Gasteiger partial charge in [-0.1, -0.05) is 6.07 Å². The molecule has 0 unspecified atom stereocenters. The van der Waals surface area contributed by atoms with Crippen LogP contribution in [-0.2, 0) is 13.6 Å². The molecular formula is C15H12N5+. The minimum absolute atomic E-state index is 0.882. The second kappa shape index (κ2) is 3.25. The summed E-state index contributed by atoms with van der Waals surface area (Å²) in [6.45, 7) is 0.882. The van der Waals surface area contributed by atoms with Gasteiger partial charge in [0.15, 0.2) is 5.65 Å². The van der Waals surface area contributed by atoms with E-state index >= 15 is 0 Å². The molecule has 5 nitrogen and oxygen atoms in total. The normalized spacial score (nSPS) is 13.1. The summed E-state index contributed by atoms with van der Waals surface area (Å²) in [5.41, 5.74) is 5.67. The molecule has 0 fully saturated rings. The molecule has 4 aromatic heterocycles. The van der Waals surface area contributed by atoms with Gasteiger partial charge in [-0.25, -0.2) is 13.5 Å². The number of aryl methyl sites for hydroxylation is 1. The van der Waals surface area contributed by atoms with E-state index in [4.69, 9.17) is 4.98 Å². The highest BCUT2D eigenvalue weighted by molar-refractivity contribution is 5.76. The Balaban J connectivity index is 1.99. The SMILES string of the molecule is Cn1c2[n+](c3c1nc1ccccn13)Cc1ccncc1-2. The third kappa shape index (κ3) is 1.02. The number of hydrogen-bond donors (Lipinski definition) is 0. The van der Waals surface area contributed by atoms with Crippen LogP contribution in [0, 0.1) is 0 Å². The zero-order valence-corrected chi connectivity index (χ0v) is 11.0. The second-order valence-electron chi connectivity index (χ2n) is 5.19. The number of hydrogen-bond acceptors (Lipinski definition) is 2. The largest absolute Gasteiger partial charge is 0.295 e. The molecule has 0 bridgehead atoms. The van der Waals surface area contributed by atoms with Crippen molar-refractivity contribution in [1.82, 2.24) is 18.9 Å². The summed E-state index contributed by atoms with van der Waals surface area (Å²) >= 11 is 0. The van der Waals surface area contributed by atoms with Crippen LogP contribution in [0.2, 0.25) is 0 Å². The minimum Gasteiger partial charge on any atom is -0.264 e. The number of rotatable bonds is 0. The van der Waals surface area contributed by atoms with Crippen LogP contribution in [0.5, 0.6) is 0 Å². The fourth-order valence-corrected chi connectivity index (χ4v) is 3.24. The van der Waals surface area contributed by atoms with Crippen LogP contribution in [0.25, 0.3) is 28.3 Å². The van der Waals surface area contributed by atoms with E-state index < -0.39 is 0 Å². The van der Waals surface area contributed by atoms with Crippen LogP contribution in [0.4, 0.5) is 0 Å². The fraction of sp³-hybridized carbons (Fsp3) is 0.133. The minimum atomic E-state index is 0.882. The number of imidazole rings is 2. The lowest BCUT2D eigenvalue weighted by molar-refractivity contribution is -0.648. The molecule has 20 heavy (non-hydrogen) atoms. The number of nitrogens with zero attached hydrogens (tertiary/aromatic N) is 5. The molecular weight excluding hydrogens is 250 g/mol. The van der Waals surface area contributed by atoms with Crippen molar-refractivity contribution in [2.24, 2.45) is 7.05 Å². The van der Waals surface area contributed by atoms with Crippen LogP contribution in [-0.4, -0.2) is 18.9 Å². The summed E-state index contributed by atoms with van der Waals surface area (Å²) in [4.78, 5) is 8.99. The molecule has 0 radical (unpaired) electrons. The van der Waals surface area contributed by atoms with Gasteiger partial charge in [-0.15, -0.1) is 0 Å². The average Bonchev–Trinajstić information content (AvgIpc) is 3.10. The third-order valence-corrected chi connectivity index (χ3v) is 4.11. The lowest BCUT2D eigenvalue weighted by atomic mass is 10.2. The van der Waals surface area contributed by atoms with Gasteiger partial charge in [0, 0.05) is 18.0 Å². The van der Waals surface area contributed by atoms with Gasteiger partial charge in [-0.05, 0) is 18.2 Å². The molecule has 1 aliphatic heterocycles. The predicted molar refractivity (Wildman–Crippen MR) is 74.2 cm³/mol. The van der Waals surface area contributed by atoms with E-state index in [-0.39, 0.29) is 0 Å². The van der Waals surface area contributed by atoms with Gasteiger partial charge in [-0.3, -0.25) is 4.98 Å². The first-order valence-corrected chi connectivity index (χ1v) is 6.63. The highest BCUT2D eigenvalue weighted by Gasteiger charge is 2.33.